The molecule has 4 rings (SSSR count). The summed E-state index contributed by atoms with van der Waals surface area (Å²) >= 11 is 0. The molecule has 0 unspecified atom stereocenters. The third-order valence-electron chi connectivity index (χ3n) is 5.97. The van der Waals surface area contributed by atoms with Crippen LogP contribution in [-0.4, -0.2) is 54.6 Å². The number of alkyl halides is 3. The van der Waals surface area contributed by atoms with Crippen molar-refractivity contribution >= 4 is 17.7 Å². The number of hydrogen-bond donors (Lipinski definition) is 3. The number of nitrogens with one attached hydrogen (secondary N) is 2. The zero-order valence-electron chi connectivity index (χ0n) is 25.1. The lowest BCUT2D eigenvalue weighted by Crippen LogP contribution is -2.41. The molecule has 45 heavy (non-hydrogen) atoms. The van der Waals surface area contributed by atoms with Crippen molar-refractivity contribution in [1.82, 2.24) is 24.9 Å². The predicted molar refractivity (Wildman–Crippen MR) is 156 cm³/mol. The van der Waals surface area contributed by atoms with E-state index < -0.39 is 47.7 Å². The molecular weight excluding hydrogens is 599 g/mol. The SMILES string of the molecule is CC(C)(O)C#Cc1ccc(-c2cccn3c(NCC(F)(F)F)nnc23)c([C@H](Cc2cc(F)cc(F)c2)OC(=O)NC(C)(C)C)n1. The Morgan fingerprint density at radius 3 is 2.33 bits per heavy atom. The summed E-state index contributed by atoms with van der Waals surface area (Å²) in [5.41, 5.74) is -0.805. The lowest BCUT2D eigenvalue weighted by atomic mass is 9.97. The van der Waals surface area contributed by atoms with Gasteiger partial charge in [-0.1, -0.05) is 5.92 Å². The first-order valence-electron chi connectivity index (χ1n) is 13.7. The first-order chi connectivity index (χ1) is 20.9. The molecule has 3 aromatic heterocycles. The van der Waals surface area contributed by atoms with Crippen molar-refractivity contribution in [3.63, 3.8) is 0 Å². The fourth-order valence-corrected chi connectivity index (χ4v) is 4.26. The van der Waals surface area contributed by atoms with Gasteiger partial charge in [0.1, 0.15) is 29.5 Å². The number of anilines is 1. The number of fused-ring (bicyclic) bond motifs is 1. The van der Waals surface area contributed by atoms with Crippen molar-refractivity contribution in [3.8, 4) is 23.0 Å². The van der Waals surface area contributed by atoms with E-state index in [0.717, 1.165) is 12.1 Å². The molecular formula is C31H31F5N6O3. The van der Waals surface area contributed by atoms with Crippen LogP contribution in [0.4, 0.5) is 32.7 Å². The van der Waals surface area contributed by atoms with Crippen molar-refractivity contribution in [3.05, 3.63) is 77.2 Å². The number of halogens is 5. The number of amides is 1. The lowest BCUT2D eigenvalue weighted by molar-refractivity contribution is -0.115. The number of pyridine rings is 2. The van der Waals surface area contributed by atoms with E-state index in [1.807, 2.05) is 0 Å². The molecule has 0 aliphatic carbocycles. The second kappa shape index (κ2) is 12.7. The molecule has 14 heteroatoms. The highest BCUT2D eigenvalue weighted by molar-refractivity contribution is 5.80. The molecule has 0 saturated carbocycles. The molecule has 0 aliphatic rings. The van der Waals surface area contributed by atoms with Crippen LogP contribution in [0, 0.1) is 23.5 Å². The average molecular weight is 631 g/mol. The largest absolute Gasteiger partial charge is 0.439 e. The molecule has 9 nitrogen and oxygen atoms in total. The van der Waals surface area contributed by atoms with E-state index in [-0.39, 0.29) is 35.0 Å². The van der Waals surface area contributed by atoms with Gasteiger partial charge in [0, 0.05) is 35.3 Å². The molecule has 0 bridgehead atoms. The molecule has 238 valence electrons. The maximum Gasteiger partial charge on any atom is 0.408 e. The van der Waals surface area contributed by atoms with Crippen LogP contribution in [0.2, 0.25) is 0 Å². The number of hydrogen-bond acceptors (Lipinski definition) is 7. The van der Waals surface area contributed by atoms with Gasteiger partial charge in [0.15, 0.2) is 11.8 Å². The van der Waals surface area contributed by atoms with E-state index in [1.165, 1.54) is 30.5 Å². The third kappa shape index (κ3) is 9.36. The molecule has 3 N–H and O–H groups in total. The minimum atomic E-state index is -4.50. The Labute approximate surface area is 255 Å². The summed E-state index contributed by atoms with van der Waals surface area (Å²) in [6.07, 6.45) is -5.35. The maximum atomic E-state index is 14.2. The van der Waals surface area contributed by atoms with E-state index in [9.17, 15) is 31.9 Å². The highest BCUT2D eigenvalue weighted by Gasteiger charge is 2.29. The number of alkyl carbamates (subject to hydrolysis) is 1. The molecule has 0 aliphatic heterocycles. The van der Waals surface area contributed by atoms with Crippen LogP contribution in [0.25, 0.3) is 16.8 Å². The van der Waals surface area contributed by atoms with Crippen LogP contribution in [0.1, 0.15) is 57.7 Å². The van der Waals surface area contributed by atoms with Gasteiger partial charge in [0.05, 0.1) is 5.69 Å². The highest BCUT2D eigenvalue weighted by Crippen LogP contribution is 2.34. The monoisotopic (exact) mass is 630 g/mol. The van der Waals surface area contributed by atoms with Crippen LogP contribution in [0.5, 0.6) is 0 Å². The summed E-state index contributed by atoms with van der Waals surface area (Å²) in [6.45, 7) is 6.82. The van der Waals surface area contributed by atoms with Crippen molar-refractivity contribution in [2.24, 2.45) is 0 Å². The summed E-state index contributed by atoms with van der Waals surface area (Å²) in [5, 5.41) is 23.0. The number of carbonyl (C=O) groups excluding carboxylic acids is 1. The van der Waals surface area contributed by atoms with Crippen molar-refractivity contribution < 1.29 is 36.6 Å². The Morgan fingerprint density at radius 1 is 1.02 bits per heavy atom. The maximum absolute atomic E-state index is 14.2. The van der Waals surface area contributed by atoms with Crippen LogP contribution >= 0.6 is 0 Å². The topological polar surface area (TPSA) is 114 Å². The number of rotatable bonds is 7. The zero-order valence-corrected chi connectivity index (χ0v) is 25.1. The molecule has 0 fully saturated rings. The molecule has 1 amide bonds. The third-order valence-corrected chi connectivity index (χ3v) is 5.97. The molecule has 1 atom stereocenters. The Balaban J connectivity index is 1.91. The minimum absolute atomic E-state index is 0.104. The Hall–Kier alpha value is -4.77. The zero-order chi connectivity index (χ0) is 33.2. The van der Waals surface area contributed by atoms with Gasteiger partial charge < -0.3 is 20.5 Å². The number of nitrogens with zero attached hydrogens (tertiary/aromatic N) is 4. The smallest absolute Gasteiger partial charge is 0.408 e. The van der Waals surface area contributed by atoms with Crippen LogP contribution in [0.3, 0.4) is 0 Å². The Morgan fingerprint density at radius 2 is 1.71 bits per heavy atom. The fourth-order valence-electron chi connectivity index (χ4n) is 4.26. The lowest BCUT2D eigenvalue weighted by Gasteiger charge is -2.25. The number of carbonyl (C=O) groups is 1. The van der Waals surface area contributed by atoms with Crippen molar-refractivity contribution in [2.75, 3.05) is 11.9 Å². The van der Waals surface area contributed by atoms with E-state index in [2.05, 4.69) is 37.7 Å². The molecule has 0 radical (unpaired) electrons. The quantitative estimate of drug-likeness (QED) is 0.170. The summed E-state index contributed by atoms with van der Waals surface area (Å²) in [6, 6.07) is 9.20. The van der Waals surface area contributed by atoms with Crippen molar-refractivity contribution in [2.45, 2.75) is 64.5 Å². The second-order valence-corrected chi connectivity index (χ2v) is 11.8. The number of aromatic nitrogens is 4. The molecule has 3 heterocycles. The Bertz CT molecular complexity index is 1740. The standard InChI is InChI=1S/C31H31F5N6O3/c1-29(2,3)39-28(43)45-24(15-18-13-19(32)16-20(33)14-18)25-22(9-8-21(38-25)10-11-30(4,5)44)23-7-6-12-42-26(23)40-41-27(42)37-17-31(34,35)36/h6-9,12-14,16,24,44H,15,17H2,1-5H3,(H,37,41)(H,39,43)/t24-/m0/s1. The van der Waals surface area contributed by atoms with Gasteiger partial charge >= 0.3 is 12.3 Å². The summed E-state index contributed by atoms with van der Waals surface area (Å²) in [7, 11) is 0. The molecule has 0 saturated heterocycles. The van der Waals surface area contributed by atoms with Crippen LogP contribution in [-0.2, 0) is 11.2 Å². The van der Waals surface area contributed by atoms with Gasteiger partial charge in [0.25, 0.3) is 0 Å². The molecule has 1 aromatic carbocycles. The first kappa shape index (κ1) is 33.1. The Kier molecular flexibility index (Phi) is 9.34. The second-order valence-electron chi connectivity index (χ2n) is 11.8. The van der Waals surface area contributed by atoms with Crippen LogP contribution in [0.15, 0.2) is 48.7 Å². The first-order valence-corrected chi connectivity index (χ1v) is 13.7. The average Bonchev–Trinajstić information content (AvgIpc) is 3.31. The molecule has 4 aromatic rings. The van der Waals surface area contributed by atoms with Gasteiger partial charge in [-0.2, -0.15) is 13.2 Å². The van der Waals surface area contributed by atoms with Crippen LogP contribution < -0.4 is 10.6 Å². The predicted octanol–water partition coefficient (Wildman–Crippen LogP) is 5.97. The summed E-state index contributed by atoms with van der Waals surface area (Å²) < 4.78 is 74.2. The molecule has 0 spiro atoms. The van der Waals surface area contributed by atoms with E-state index in [0.29, 0.717) is 17.2 Å². The fraction of sp³-hybridized carbons (Fsp3) is 0.355. The summed E-state index contributed by atoms with van der Waals surface area (Å²) in [4.78, 5) is 17.7. The number of benzene rings is 1. The van der Waals surface area contributed by atoms with E-state index >= 15 is 0 Å². The van der Waals surface area contributed by atoms with Gasteiger partial charge in [-0.05, 0) is 82.5 Å². The van der Waals surface area contributed by atoms with E-state index in [1.54, 1.807) is 39.0 Å². The highest BCUT2D eigenvalue weighted by atomic mass is 19.4. The summed E-state index contributed by atoms with van der Waals surface area (Å²) in [5.74, 6) is 3.58. The van der Waals surface area contributed by atoms with Gasteiger partial charge in [0.2, 0.25) is 5.95 Å². The van der Waals surface area contributed by atoms with Gasteiger partial charge in [-0.25, -0.2) is 18.6 Å². The van der Waals surface area contributed by atoms with Gasteiger partial charge in [-0.15, -0.1) is 10.2 Å². The van der Waals surface area contributed by atoms with E-state index in [4.69, 9.17) is 4.74 Å². The van der Waals surface area contributed by atoms with Crippen molar-refractivity contribution in [1.29, 1.82) is 0 Å². The minimum Gasteiger partial charge on any atom is -0.439 e. The normalized spacial score (nSPS) is 12.8. The van der Waals surface area contributed by atoms with Gasteiger partial charge in [-0.3, -0.25) is 4.40 Å². The number of ether oxygens (including phenoxy) is 1. The number of aliphatic hydroxyl groups is 1.